The van der Waals surface area contributed by atoms with Crippen molar-refractivity contribution in [3.8, 4) is 17.2 Å². The molecule has 2 aromatic carbocycles. The highest BCUT2D eigenvalue weighted by atomic mass is 16.5. The van der Waals surface area contributed by atoms with Gasteiger partial charge < -0.3 is 14.9 Å². The first-order valence-electron chi connectivity index (χ1n) is 9.66. The number of ether oxygens (including phenoxy) is 1. The number of benzene rings is 2. The normalized spacial score (nSPS) is 17.6. The van der Waals surface area contributed by atoms with Crippen LogP contribution in [0.3, 0.4) is 0 Å². The number of rotatable bonds is 6. The lowest BCUT2D eigenvalue weighted by molar-refractivity contribution is 0.104. The zero-order valence-electron chi connectivity index (χ0n) is 17.0. The molecule has 0 aliphatic carbocycles. The highest BCUT2D eigenvalue weighted by Crippen LogP contribution is 2.40. The number of fused-ring (bicyclic) bond motifs is 1. The first-order valence-corrected chi connectivity index (χ1v) is 9.66. The Hall–Kier alpha value is -3.27. The fourth-order valence-electron chi connectivity index (χ4n) is 3.21. The van der Waals surface area contributed by atoms with Crippen LogP contribution in [0, 0.1) is 0 Å². The molecule has 1 unspecified atom stereocenters. The molecule has 0 saturated carbocycles. The summed E-state index contributed by atoms with van der Waals surface area (Å²) in [5, 5.41) is 20.0. The summed E-state index contributed by atoms with van der Waals surface area (Å²) in [6, 6.07) is 9.85. The molecule has 1 aliphatic rings. The van der Waals surface area contributed by atoms with Crippen molar-refractivity contribution < 1.29 is 19.7 Å². The van der Waals surface area contributed by atoms with Crippen molar-refractivity contribution >= 4 is 17.9 Å². The van der Waals surface area contributed by atoms with E-state index in [4.69, 9.17) is 4.74 Å². The monoisotopic (exact) mass is 390 g/mol. The van der Waals surface area contributed by atoms with Gasteiger partial charge in [0, 0.05) is 0 Å². The third kappa shape index (κ3) is 4.96. The summed E-state index contributed by atoms with van der Waals surface area (Å²) in [6.45, 7) is 6.16. The second-order valence-corrected chi connectivity index (χ2v) is 7.73. The number of hydrogen-bond acceptors (Lipinski definition) is 4. The zero-order valence-corrected chi connectivity index (χ0v) is 17.0. The van der Waals surface area contributed by atoms with Crippen LogP contribution in [-0.2, 0) is 0 Å². The van der Waals surface area contributed by atoms with E-state index in [1.54, 1.807) is 42.5 Å². The summed E-state index contributed by atoms with van der Waals surface area (Å²) >= 11 is 0. The third-order valence-electron chi connectivity index (χ3n) is 4.90. The van der Waals surface area contributed by atoms with Crippen molar-refractivity contribution in [1.82, 2.24) is 0 Å². The predicted octanol–water partition coefficient (Wildman–Crippen LogP) is 5.90. The van der Waals surface area contributed by atoms with Gasteiger partial charge in [-0.25, -0.2) is 0 Å². The number of ketones is 1. The quantitative estimate of drug-likeness (QED) is 0.366. The van der Waals surface area contributed by atoms with Crippen LogP contribution >= 0.6 is 0 Å². The van der Waals surface area contributed by atoms with Crippen molar-refractivity contribution in [1.29, 1.82) is 0 Å². The molecular weight excluding hydrogens is 364 g/mol. The minimum Gasteiger partial charge on any atom is -0.508 e. The van der Waals surface area contributed by atoms with Gasteiger partial charge in [0.1, 0.15) is 22.8 Å². The summed E-state index contributed by atoms with van der Waals surface area (Å²) in [7, 11) is 0. The second kappa shape index (κ2) is 8.39. The molecule has 150 valence electrons. The van der Waals surface area contributed by atoms with Gasteiger partial charge in [0.15, 0.2) is 5.78 Å². The van der Waals surface area contributed by atoms with E-state index in [2.05, 4.69) is 19.9 Å². The molecule has 4 heteroatoms. The van der Waals surface area contributed by atoms with Gasteiger partial charge in [-0.15, -0.1) is 0 Å². The van der Waals surface area contributed by atoms with Crippen molar-refractivity contribution in [2.75, 3.05) is 0 Å². The zero-order chi connectivity index (χ0) is 21.0. The summed E-state index contributed by atoms with van der Waals surface area (Å²) in [5.41, 5.74) is 2.35. The number of allylic oxidation sites excluding steroid dienone is 3. The van der Waals surface area contributed by atoms with Gasteiger partial charge in [0.2, 0.25) is 0 Å². The average Bonchev–Trinajstić information content (AvgIpc) is 2.67. The number of aromatic hydroxyl groups is 2. The van der Waals surface area contributed by atoms with E-state index in [1.165, 1.54) is 11.6 Å². The maximum Gasteiger partial charge on any atom is 0.189 e. The Balaban J connectivity index is 1.78. The Morgan fingerprint density at radius 2 is 1.83 bits per heavy atom. The minimum atomic E-state index is -0.449. The molecule has 2 aromatic rings. The molecule has 0 amide bonds. The number of phenolic OH excluding ortho intramolecular Hbond substituents is 2. The molecule has 0 aromatic heterocycles. The lowest BCUT2D eigenvalue weighted by Crippen LogP contribution is -2.31. The fraction of sp³-hybridized carbons (Fsp3) is 0.240. The lowest BCUT2D eigenvalue weighted by Gasteiger charge is -2.32. The molecular formula is C25H26O4. The van der Waals surface area contributed by atoms with Crippen LogP contribution in [0.5, 0.6) is 17.2 Å². The van der Waals surface area contributed by atoms with Crippen LogP contribution in [0.15, 0.2) is 60.2 Å². The van der Waals surface area contributed by atoms with E-state index in [1.807, 2.05) is 19.1 Å². The van der Waals surface area contributed by atoms with E-state index in [-0.39, 0.29) is 22.8 Å². The molecule has 4 nitrogen and oxygen atoms in total. The molecule has 29 heavy (non-hydrogen) atoms. The van der Waals surface area contributed by atoms with E-state index in [9.17, 15) is 15.0 Å². The van der Waals surface area contributed by atoms with E-state index >= 15 is 0 Å². The minimum absolute atomic E-state index is 0.0783. The van der Waals surface area contributed by atoms with E-state index < -0.39 is 5.60 Å². The highest BCUT2D eigenvalue weighted by Gasteiger charge is 2.29. The van der Waals surface area contributed by atoms with Gasteiger partial charge >= 0.3 is 0 Å². The Kier molecular flexibility index (Phi) is 5.92. The maximum absolute atomic E-state index is 12.6. The van der Waals surface area contributed by atoms with Gasteiger partial charge in [-0.3, -0.25) is 4.79 Å². The molecule has 0 radical (unpaired) electrons. The highest BCUT2D eigenvalue weighted by molar-refractivity contribution is 6.09. The van der Waals surface area contributed by atoms with Crippen LogP contribution in [0.25, 0.3) is 12.2 Å². The molecule has 3 rings (SSSR count). The molecule has 1 aliphatic heterocycles. The third-order valence-corrected chi connectivity index (χ3v) is 4.90. The van der Waals surface area contributed by atoms with Crippen molar-refractivity contribution in [3.05, 3.63) is 76.9 Å². The van der Waals surface area contributed by atoms with Crippen molar-refractivity contribution in [2.24, 2.45) is 0 Å². The Labute approximate surface area is 171 Å². The van der Waals surface area contributed by atoms with Gasteiger partial charge in [-0.2, -0.15) is 0 Å². The average molecular weight is 390 g/mol. The number of hydrogen-bond donors (Lipinski definition) is 2. The SMILES string of the molecule is CC(C)=CCCC1(C)C=Cc2c(ccc(C(=O)/C=C/c3ccc(O)cc3)c2O)O1. The summed E-state index contributed by atoms with van der Waals surface area (Å²) in [4.78, 5) is 12.6. The Morgan fingerprint density at radius 1 is 1.10 bits per heavy atom. The molecule has 0 saturated heterocycles. The maximum atomic E-state index is 12.6. The second-order valence-electron chi connectivity index (χ2n) is 7.73. The van der Waals surface area contributed by atoms with Crippen LogP contribution < -0.4 is 4.74 Å². The van der Waals surface area contributed by atoms with Gasteiger partial charge in [-0.1, -0.05) is 29.9 Å². The van der Waals surface area contributed by atoms with Crippen LogP contribution in [-0.4, -0.2) is 21.6 Å². The van der Waals surface area contributed by atoms with E-state index in [0.29, 0.717) is 11.3 Å². The van der Waals surface area contributed by atoms with Gasteiger partial charge in [-0.05, 0) is 81.7 Å². The Bertz CT molecular complexity index is 992. The van der Waals surface area contributed by atoms with Gasteiger partial charge in [0.25, 0.3) is 0 Å². The first-order chi connectivity index (χ1) is 13.8. The molecule has 1 atom stereocenters. The number of carbonyl (C=O) groups is 1. The molecule has 0 bridgehead atoms. The van der Waals surface area contributed by atoms with Crippen molar-refractivity contribution in [3.63, 3.8) is 0 Å². The summed E-state index contributed by atoms with van der Waals surface area (Å²) in [5.74, 6) is 0.360. The van der Waals surface area contributed by atoms with Gasteiger partial charge in [0.05, 0.1) is 11.1 Å². The Morgan fingerprint density at radius 3 is 2.52 bits per heavy atom. The number of carbonyl (C=O) groups excluding carboxylic acids is 1. The number of phenols is 2. The van der Waals surface area contributed by atoms with Crippen molar-refractivity contribution in [2.45, 2.75) is 39.2 Å². The topological polar surface area (TPSA) is 66.8 Å². The molecule has 0 fully saturated rings. The summed E-state index contributed by atoms with van der Waals surface area (Å²) in [6.07, 6.45) is 10.7. The largest absolute Gasteiger partial charge is 0.508 e. The summed E-state index contributed by atoms with van der Waals surface area (Å²) < 4.78 is 6.13. The van der Waals surface area contributed by atoms with Crippen LogP contribution in [0.4, 0.5) is 0 Å². The van der Waals surface area contributed by atoms with E-state index in [0.717, 1.165) is 18.4 Å². The molecule has 1 heterocycles. The molecule has 0 spiro atoms. The first kappa shape index (κ1) is 20.5. The van der Waals surface area contributed by atoms with Crippen LogP contribution in [0.2, 0.25) is 0 Å². The predicted molar refractivity (Wildman–Crippen MR) is 116 cm³/mol. The molecule has 2 N–H and O–H groups in total. The lowest BCUT2D eigenvalue weighted by atomic mass is 9.93. The van der Waals surface area contributed by atoms with Crippen LogP contribution in [0.1, 0.15) is 55.1 Å². The smallest absolute Gasteiger partial charge is 0.189 e. The standard InChI is InChI=1S/C25H26O4/c1-17(2)5-4-15-25(3)16-14-21-23(29-25)13-11-20(24(21)28)22(27)12-8-18-6-9-19(26)10-7-18/h5-14,16,26,28H,4,15H2,1-3H3/b12-8+. The fourth-order valence-corrected chi connectivity index (χ4v) is 3.21.